The van der Waals surface area contributed by atoms with Gasteiger partial charge in [0.1, 0.15) is 17.6 Å². The molecule has 2 rings (SSSR count). The Morgan fingerprint density at radius 2 is 1.81 bits per heavy atom. The van der Waals surface area contributed by atoms with Crippen molar-refractivity contribution in [2.24, 2.45) is 0 Å². The lowest BCUT2D eigenvalue weighted by Crippen LogP contribution is -2.13. The smallest absolute Gasteiger partial charge is 0.185 e. The summed E-state index contributed by atoms with van der Waals surface area (Å²) in [6, 6.07) is 9.02. The zero-order valence-electron chi connectivity index (χ0n) is 10.4. The first-order valence-corrected chi connectivity index (χ1v) is 7.23. The van der Waals surface area contributed by atoms with Gasteiger partial charge in [-0.2, -0.15) is 5.26 Å². The third-order valence-corrected chi connectivity index (χ3v) is 4.08. The summed E-state index contributed by atoms with van der Waals surface area (Å²) in [6.07, 6.45) is 0. The summed E-state index contributed by atoms with van der Waals surface area (Å²) in [5, 5.41) is 9.26. The van der Waals surface area contributed by atoms with Crippen molar-refractivity contribution < 1.29 is 13.6 Å². The first kappa shape index (κ1) is 15.9. The van der Waals surface area contributed by atoms with Crippen LogP contribution >= 0.6 is 34.2 Å². The average molecular weight is 418 g/mol. The standard InChI is InChI=1S/C15H7ClF2INO/c16-13-5-8(17)1-3-10(13)12(7-20)15(21)11-4-2-9(18)6-14(11)19/h1-6,12H. The molecule has 2 aromatic carbocycles. The number of halogens is 4. The maximum Gasteiger partial charge on any atom is 0.185 e. The van der Waals surface area contributed by atoms with Gasteiger partial charge in [-0.3, -0.25) is 4.79 Å². The van der Waals surface area contributed by atoms with E-state index >= 15 is 0 Å². The molecule has 1 unspecified atom stereocenters. The van der Waals surface area contributed by atoms with Crippen LogP contribution in [0.2, 0.25) is 5.02 Å². The van der Waals surface area contributed by atoms with Gasteiger partial charge in [-0.15, -0.1) is 0 Å². The fourth-order valence-electron chi connectivity index (χ4n) is 1.85. The molecule has 0 aliphatic rings. The van der Waals surface area contributed by atoms with E-state index in [1.54, 1.807) is 0 Å². The molecule has 106 valence electrons. The average Bonchev–Trinajstić information content (AvgIpc) is 2.41. The highest BCUT2D eigenvalue weighted by Gasteiger charge is 2.25. The number of carbonyl (C=O) groups is 1. The van der Waals surface area contributed by atoms with Crippen LogP contribution < -0.4 is 0 Å². The monoisotopic (exact) mass is 417 g/mol. The summed E-state index contributed by atoms with van der Waals surface area (Å²) in [5.74, 6) is -2.69. The van der Waals surface area contributed by atoms with Gasteiger partial charge in [-0.1, -0.05) is 17.7 Å². The number of ketones is 1. The van der Waals surface area contributed by atoms with Crippen LogP contribution in [-0.2, 0) is 0 Å². The second-order valence-electron chi connectivity index (χ2n) is 4.22. The lowest BCUT2D eigenvalue weighted by Gasteiger charge is -2.12. The van der Waals surface area contributed by atoms with Crippen LogP contribution in [-0.4, -0.2) is 5.78 Å². The van der Waals surface area contributed by atoms with E-state index in [0.29, 0.717) is 3.57 Å². The number of rotatable bonds is 3. The normalized spacial score (nSPS) is 11.8. The summed E-state index contributed by atoms with van der Waals surface area (Å²) in [7, 11) is 0. The van der Waals surface area contributed by atoms with E-state index in [1.165, 1.54) is 18.2 Å². The van der Waals surface area contributed by atoms with Crippen LogP contribution in [0.15, 0.2) is 36.4 Å². The highest BCUT2D eigenvalue weighted by Crippen LogP contribution is 2.29. The summed E-state index contributed by atoms with van der Waals surface area (Å²) in [5.41, 5.74) is 0.453. The maximum absolute atomic E-state index is 13.1. The van der Waals surface area contributed by atoms with E-state index in [-0.39, 0.29) is 16.1 Å². The second-order valence-corrected chi connectivity index (χ2v) is 5.79. The third-order valence-electron chi connectivity index (χ3n) is 2.86. The van der Waals surface area contributed by atoms with Crippen molar-refractivity contribution in [2.45, 2.75) is 5.92 Å². The van der Waals surface area contributed by atoms with Crippen molar-refractivity contribution in [3.63, 3.8) is 0 Å². The van der Waals surface area contributed by atoms with Gasteiger partial charge in [0.15, 0.2) is 5.78 Å². The van der Waals surface area contributed by atoms with Crippen LogP contribution in [0.4, 0.5) is 8.78 Å². The van der Waals surface area contributed by atoms with E-state index in [9.17, 15) is 18.8 Å². The number of nitrogens with zero attached hydrogens (tertiary/aromatic N) is 1. The van der Waals surface area contributed by atoms with Gasteiger partial charge in [0, 0.05) is 14.2 Å². The Bertz CT molecular complexity index is 758. The molecular formula is C15H7ClF2INO. The molecule has 0 heterocycles. The van der Waals surface area contributed by atoms with Crippen molar-refractivity contribution in [2.75, 3.05) is 0 Å². The first-order chi connectivity index (χ1) is 9.93. The van der Waals surface area contributed by atoms with E-state index in [4.69, 9.17) is 11.6 Å². The van der Waals surface area contributed by atoms with E-state index in [2.05, 4.69) is 0 Å². The van der Waals surface area contributed by atoms with Gasteiger partial charge in [0.05, 0.1) is 6.07 Å². The quantitative estimate of drug-likeness (QED) is 0.536. The highest BCUT2D eigenvalue weighted by atomic mass is 127. The van der Waals surface area contributed by atoms with Crippen molar-refractivity contribution in [3.8, 4) is 6.07 Å². The Morgan fingerprint density at radius 1 is 1.19 bits per heavy atom. The topological polar surface area (TPSA) is 40.9 Å². The Balaban J connectivity index is 2.46. The molecule has 0 amide bonds. The molecule has 6 heteroatoms. The second kappa shape index (κ2) is 6.50. The molecule has 2 aromatic rings. The minimum Gasteiger partial charge on any atom is -0.292 e. The molecule has 0 bridgehead atoms. The van der Waals surface area contributed by atoms with Gasteiger partial charge < -0.3 is 0 Å². The molecule has 0 saturated heterocycles. The van der Waals surface area contributed by atoms with Crippen molar-refractivity contribution >= 4 is 40.0 Å². The lowest BCUT2D eigenvalue weighted by molar-refractivity contribution is 0.0978. The predicted molar refractivity (Wildman–Crippen MR) is 83.2 cm³/mol. The summed E-state index contributed by atoms with van der Waals surface area (Å²) in [4.78, 5) is 12.4. The Morgan fingerprint density at radius 3 is 2.38 bits per heavy atom. The van der Waals surface area contributed by atoms with E-state index < -0.39 is 23.3 Å². The molecule has 0 spiro atoms. The summed E-state index contributed by atoms with van der Waals surface area (Å²) >= 11 is 7.72. The number of Topliss-reactive ketones (excluding diaryl/α,β-unsaturated/α-hetero) is 1. The third kappa shape index (κ3) is 3.39. The summed E-state index contributed by atoms with van der Waals surface area (Å²) in [6.45, 7) is 0. The van der Waals surface area contributed by atoms with E-state index in [0.717, 1.165) is 18.2 Å². The highest BCUT2D eigenvalue weighted by molar-refractivity contribution is 14.1. The fraction of sp³-hybridized carbons (Fsp3) is 0.0667. The predicted octanol–water partition coefficient (Wildman–Crippen LogP) is 4.71. The number of nitriles is 1. The zero-order chi connectivity index (χ0) is 15.6. The van der Waals surface area contributed by atoms with Gasteiger partial charge in [-0.05, 0) is 58.5 Å². The summed E-state index contributed by atoms with van der Waals surface area (Å²) < 4.78 is 26.5. The van der Waals surface area contributed by atoms with Crippen LogP contribution in [0.3, 0.4) is 0 Å². The minimum absolute atomic E-state index is 0.00650. The molecule has 21 heavy (non-hydrogen) atoms. The number of carbonyl (C=O) groups excluding carboxylic acids is 1. The van der Waals surface area contributed by atoms with Crippen molar-refractivity contribution in [1.29, 1.82) is 5.26 Å². The molecule has 0 aliphatic heterocycles. The molecule has 0 aromatic heterocycles. The van der Waals surface area contributed by atoms with Crippen LogP contribution in [0, 0.1) is 26.5 Å². The SMILES string of the molecule is N#CC(C(=O)c1ccc(F)cc1I)c1ccc(F)cc1Cl. The molecule has 0 fully saturated rings. The Kier molecular flexibility index (Phi) is 4.91. The first-order valence-electron chi connectivity index (χ1n) is 5.78. The minimum atomic E-state index is -1.17. The Labute approximate surface area is 138 Å². The van der Waals surface area contributed by atoms with Gasteiger partial charge in [0.25, 0.3) is 0 Å². The van der Waals surface area contributed by atoms with Crippen LogP contribution in [0.1, 0.15) is 21.8 Å². The molecule has 0 N–H and O–H groups in total. The van der Waals surface area contributed by atoms with Crippen molar-refractivity contribution in [3.05, 3.63) is 67.8 Å². The molecular weight excluding hydrogens is 411 g/mol. The Hall–Kier alpha value is -1.52. The largest absolute Gasteiger partial charge is 0.292 e. The van der Waals surface area contributed by atoms with E-state index in [1.807, 2.05) is 28.7 Å². The number of hydrogen-bond acceptors (Lipinski definition) is 2. The van der Waals surface area contributed by atoms with Gasteiger partial charge in [-0.25, -0.2) is 8.78 Å². The zero-order valence-corrected chi connectivity index (χ0v) is 13.3. The maximum atomic E-state index is 13.1. The number of hydrogen-bond donors (Lipinski definition) is 0. The molecule has 0 saturated carbocycles. The molecule has 0 radical (unpaired) electrons. The van der Waals surface area contributed by atoms with Gasteiger partial charge >= 0.3 is 0 Å². The molecule has 0 aliphatic carbocycles. The fourth-order valence-corrected chi connectivity index (χ4v) is 2.87. The lowest BCUT2D eigenvalue weighted by atomic mass is 9.92. The van der Waals surface area contributed by atoms with Crippen LogP contribution in [0.25, 0.3) is 0 Å². The molecule has 2 nitrogen and oxygen atoms in total. The van der Waals surface area contributed by atoms with Crippen LogP contribution in [0.5, 0.6) is 0 Å². The van der Waals surface area contributed by atoms with Crippen molar-refractivity contribution in [1.82, 2.24) is 0 Å². The van der Waals surface area contributed by atoms with Gasteiger partial charge in [0.2, 0.25) is 0 Å². The number of benzene rings is 2. The molecule has 1 atom stereocenters.